The monoisotopic (exact) mass is 415 g/mol. The summed E-state index contributed by atoms with van der Waals surface area (Å²) in [6.45, 7) is 5.84. The number of carbonyl (C=O) groups excluding carboxylic acids is 2. The highest BCUT2D eigenvalue weighted by atomic mass is 16.3. The molecule has 1 aliphatic heterocycles. The van der Waals surface area contributed by atoms with E-state index in [-0.39, 0.29) is 31.4 Å². The van der Waals surface area contributed by atoms with Gasteiger partial charge in [-0.3, -0.25) is 9.59 Å². The molecule has 1 saturated heterocycles. The Morgan fingerprint density at radius 2 is 1.93 bits per heavy atom. The molecule has 0 bridgehead atoms. The van der Waals surface area contributed by atoms with E-state index in [1.54, 1.807) is 18.3 Å². The zero-order valence-electron chi connectivity index (χ0n) is 17.7. The van der Waals surface area contributed by atoms with Gasteiger partial charge in [0.1, 0.15) is 17.8 Å². The number of hydrogen-bond acceptors (Lipinski definition) is 6. The average molecular weight is 415 g/mol. The van der Waals surface area contributed by atoms with Gasteiger partial charge in [-0.05, 0) is 11.0 Å². The van der Waals surface area contributed by atoms with E-state index in [0.29, 0.717) is 5.69 Å². The number of carbonyl (C=O) groups is 2. The topological polar surface area (TPSA) is 121 Å². The van der Waals surface area contributed by atoms with Gasteiger partial charge >= 0.3 is 0 Å². The summed E-state index contributed by atoms with van der Waals surface area (Å²) in [4.78, 5) is 27.2. The van der Waals surface area contributed by atoms with Crippen LogP contribution in [0.1, 0.15) is 38.8 Å². The SMILES string of the molecule is CNC(=O)[C@H]1CC(O)CN1C(=O)C(n1cc(-c2ccc(CO)cc2)nn1)C(C)(C)C. The predicted octanol–water partition coefficient (Wildman–Crippen LogP) is 0.732. The highest BCUT2D eigenvalue weighted by Gasteiger charge is 2.45. The van der Waals surface area contributed by atoms with Gasteiger partial charge in [0.25, 0.3) is 0 Å². The minimum atomic E-state index is -0.742. The molecule has 2 heterocycles. The van der Waals surface area contributed by atoms with Crippen LogP contribution in [-0.2, 0) is 16.2 Å². The van der Waals surface area contributed by atoms with Crippen LogP contribution < -0.4 is 5.32 Å². The van der Waals surface area contributed by atoms with Crippen LogP contribution in [0.25, 0.3) is 11.3 Å². The van der Waals surface area contributed by atoms with Crippen LogP contribution in [0.4, 0.5) is 0 Å². The van der Waals surface area contributed by atoms with Crippen molar-refractivity contribution in [2.75, 3.05) is 13.6 Å². The minimum Gasteiger partial charge on any atom is -0.392 e. The number of hydrogen-bond donors (Lipinski definition) is 3. The largest absolute Gasteiger partial charge is 0.392 e. The van der Waals surface area contributed by atoms with E-state index in [9.17, 15) is 19.8 Å². The fourth-order valence-electron chi connectivity index (χ4n) is 3.83. The van der Waals surface area contributed by atoms with Crippen molar-refractivity contribution in [3.63, 3.8) is 0 Å². The second-order valence-corrected chi connectivity index (χ2v) is 8.72. The van der Waals surface area contributed by atoms with Gasteiger partial charge in [0.15, 0.2) is 0 Å². The number of β-amino-alcohol motifs (C(OH)–C–C–N with tert-alkyl or cyclic N) is 1. The van der Waals surface area contributed by atoms with Crippen molar-refractivity contribution in [3.05, 3.63) is 36.0 Å². The molecular formula is C21H29N5O4. The lowest BCUT2D eigenvalue weighted by Gasteiger charge is -2.34. The number of aliphatic hydroxyl groups is 2. The van der Waals surface area contributed by atoms with Gasteiger partial charge < -0.3 is 20.4 Å². The van der Waals surface area contributed by atoms with E-state index in [4.69, 9.17) is 0 Å². The number of nitrogens with zero attached hydrogens (tertiary/aromatic N) is 4. The zero-order valence-corrected chi connectivity index (χ0v) is 17.7. The number of benzene rings is 1. The minimum absolute atomic E-state index is 0.0399. The number of aromatic nitrogens is 3. The molecule has 2 amide bonds. The Morgan fingerprint density at radius 3 is 2.50 bits per heavy atom. The maximum atomic E-state index is 13.5. The lowest BCUT2D eigenvalue weighted by molar-refractivity contribution is -0.144. The molecule has 0 saturated carbocycles. The lowest BCUT2D eigenvalue weighted by atomic mass is 9.85. The average Bonchev–Trinajstić information content (AvgIpc) is 3.33. The molecule has 3 N–H and O–H groups in total. The summed E-state index contributed by atoms with van der Waals surface area (Å²) in [7, 11) is 1.52. The first-order valence-corrected chi connectivity index (χ1v) is 9.98. The van der Waals surface area contributed by atoms with Crippen molar-refractivity contribution >= 4 is 11.8 Å². The van der Waals surface area contributed by atoms with Crippen molar-refractivity contribution < 1.29 is 19.8 Å². The molecule has 2 aromatic rings. The number of likely N-dealkylation sites (tertiary alicyclic amines) is 1. The van der Waals surface area contributed by atoms with Crippen LogP contribution in [0.5, 0.6) is 0 Å². The molecule has 0 spiro atoms. The maximum Gasteiger partial charge on any atom is 0.248 e. The molecular weight excluding hydrogens is 386 g/mol. The summed E-state index contributed by atoms with van der Waals surface area (Å²) in [6, 6.07) is 5.88. The van der Waals surface area contributed by atoms with E-state index >= 15 is 0 Å². The van der Waals surface area contributed by atoms with E-state index in [0.717, 1.165) is 11.1 Å². The Labute approximate surface area is 175 Å². The van der Waals surface area contributed by atoms with E-state index < -0.39 is 23.6 Å². The van der Waals surface area contributed by atoms with Crippen LogP contribution in [0, 0.1) is 5.41 Å². The third-order valence-corrected chi connectivity index (χ3v) is 5.37. The summed E-state index contributed by atoms with van der Waals surface area (Å²) >= 11 is 0. The third-order valence-electron chi connectivity index (χ3n) is 5.37. The zero-order chi connectivity index (χ0) is 22.1. The van der Waals surface area contributed by atoms with Crippen LogP contribution in [0.15, 0.2) is 30.5 Å². The molecule has 30 heavy (non-hydrogen) atoms. The molecule has 0 aliphatic carbocycles. The Bertz CT molecular complexity index is 903. The predicted molar refractivity (Wildman–Crippen MR) is 110 cm³/mol. The number of nitrogens with one attached hydrogen (secondary N) is 1. The second-order valence-electron chi connectivity index (χ2n) is 8.72. The van der Waals surface area contributed by atoms with Crippen LogP contribution in [-0.4, -0.2) is 67.7 Å². The van der Waals surface area contributed by atoms with Crippen molar-refractivity contribution in [1.82, 2.24) is 25.2 Å². The normalized spacial score (nSPS) is 20.3. The van der Waals surface area contributed by atoms with E-state index in [1.807, 2.05) is 32.9 Å². The van der Waals surface area contributed by atoms with Crippen LogP contribution in [0.2, 0.25) is 0 Å². The second kappa shape index (κ2) is 8.53. The standard InChI is InChI=1S/C21H29N5O4/c1-21(2,3)18(20(30)25-10-15(28)9-17(25)19(29)22-4)26-11-16(23-24-26)14-7-5-13(12-27)6-8-14/h5-8,11,15,17-18,27-28H,9-10,12H2,1-4H3,(H,22,29)/t15?,17-,18?/m1/s1. The van der Waals surface area contributed by atoms with Gasteiger partial charge in [0, 0.05) is 25.6 Å². The molecule has 9 nitrogen and oxygen atoms in total. The molecule has 0 radical (unpaired) electrons. The molecule has 1 aromatic carbocycles. The molecule has 1 fully saturated rings. The molecule has 1 aromatic heterocycles. The van der Waals surface area contributed by atoms with Gasteiger partial charge in [-0.15, -0.1) is 5.10 Å². The quantitative estimate of drug-likeness (QED) is 0.662. The van der Waals surface area contributed by atoms with E-state index in [1.165, 1.54) is 16.6 Å². The highest BCUT2D eigenvalue weighted by molar-refractivity contribution is 5.90. The molecule has 3 rings (SSSR count). The van der Waals surface area contributed by atoms with Gasteiger partial charge in [-0.25, -0.2) is 4.68 Å². The summed E-state index contributed by atoms with van der Waals surface area (Å²) in [5, 5.41) is 30.3. The van der Waals surface area contributed by atoms with Gasteiger partial charge in [-0.2, -0.15) is 0 Å². The number of rotatable bonds is 5. The number of amides is 2. The van der Waals surface area contributed by atoms with Gasteiger partial charge in [0.05, 0.1) is 18.9 Å². The first kappa shape index (κ1) is 21.9. The third kappa shape index (κ3) is 4.36. The van der Waals surface area contributed by atoms with Crippen LogP contribution in [0.3, 0.4) is 0 Å². The fourth-order valence-corrected chi connectivity index (χ4v) is 3.83. The Hall–Kier alpha value is -2.78. The summed E-state index contributed by atoms with van der Waals surface area (Å²) < 4.78 is 1.53. The molecule has 162 valence electrons. The summed E-state index contributed by atoms with van der Waals surface area (Å²) in [5.74, 6) is -0.574. The Morgan fingerprint density at radius 1 is 1.27 bits per heavy atom. The summed E-state index contributed by atoms with van der Waals surface area (Å²) in [5.41, 5.74) is 1.70. The Kier molecular flexibility index (Phi) is 6.23. The number of likely N-dealkylation sites (N-methyl/N-ethyl adjacent to an activating group) is 1. The Balaban J connectivity index is 1.92. The van der Waals surface area contributed by atoms with E-state index in [2.05, 4.69) is 15.6 Å². The maximum absolute atomic E-state index is 13.5. The summed E-state index contributed by atoms with van der Waals surface area (Å²) in [6.07, 6.45) is 1.18. The molecule has 1 aliphatic rings. The first-order valence-electron chi connectivity index (χ1n) is 9.98. The highest BCUT2D eigenvalue weighted by Crippen LogP contribution is 2.35. The van der Waals surface area contributed by atoms with Crippen molar-refractivity contribution in [1.29, 1.82) is 0 Å². The first-order chi connectivity index (χ1) is 14.2. The van der Waals surface area contributed by atoms with Crippen molar-refractivity contribution in [2.24, 2.45) is 5.41 Å². The molecule has 2 unspecified atom stereocenters. The fraction of sp³-hybridized carbons (Fsp3) is 0.524. The molecule has 9 heteroatoms. The van der Waals surface area contributed by atoms with Gasteiger partial charge in [0.2, 0.25) is 11.8 Å². The van der Waals surface area contributed by atoms with Gasteiger partial charge in [-0.1, -0.05) is 50.3 Å². The smallest absolute Gasteiger partial charge is 0.248 e. The number of aliphatic hydroxyl groups excluding tert-OH is 2. The van der Waals surface area contributed by atoms with Crippen molar-refractivity contribution in [2.45, 2.75) is 52.0 Å². The lowest BCUT2D eigenvalue weighted by Crippen LogP contribution is -2.49. The van der Waals surface area contributed by atoms with Crippen LogP contribution >= 0.6 is 0 Å². The molecule has 3 atom stereocenters. The van der Waals surface area contributed by atoms with Crippen molar-refractivity contribution in [3.8, 4) is 11.3 Å².